The highest BCUT2D eigenvalue weighted by molar-refractivity contribution is 5.90. The van der Waals surface area contributed by atoms with E-state index >= 15 is 0 Å². The van der Waals surface area contributed by atoms with Gasteiger partial charge in [0.1, 0.15) is 6.04 Å². The molecule has 0 bridgehead atoms. The second-order valence-electron chi connectivity index (χ2n) is 6.06. The van der Waals surface area contributed by atoms with Crippen LogP contribution in [0, 0.1) is 5.41 Å². The Morgan fingerprint density at radius 3 is 2.42 bits per heavy atom. The molecule has 1 aliphatic heterocycles. The molecule has 19 heavy (non-hydrogen) atoms. The highest BCUT2D eigenvalue weighted by Crippen LogP contribution is 2.14. The fourth-order valence-electron chi connectivity index (χ4n) is 1.82. The van der Waals surface area contributed by atoms with Gasteiger partial charge in [0.2, 0.25) is 17.7 Å². The Balaban J connectivity index is 2.57. The smallest absolute Gasteiger partial charge is 0.244 e. The first-order valence-corrected chi connectivity index (χ1v) is 6.47. The Morgan fingerprint density at radius 2 is 2.00 bits per heavy atom. The van der Waals surface area contributed by atoms with E-state index in [0.717, 1.165) is 0 Å². The average Bonchev–Trinajstić information content (AvgIpc) is 2.72. The number of hydrogen-bond donors (Lipinski definition) is 2. The zero-order valence-electron chi connectivity index (χ0n) is 12.2. The standard InChI is InChI=1S/C13H23N3O3/c1-8(15-12(19)13(2,3)4)11(18)16(5)9-6-10(17)14-7-9/h8-9H,6-7H2,1-5H3,(H,14,17)(H,15,19)/t8-,9+/m0/s1. The van der Waals surface area contributed by atoms with Crippen molar-refractivity contribution in [3.05, 3.63) is 0 Å². The summed E-state index contributed by atoms with van der Waals surface area (Å²) in [5.74, 6) is -0.391. The average molecular weight is 269 g/mol. The minimum atomic E-state index is -0.590. The van der Waals surface area contributed by atoms with Crippen molar-refractivity contribution in [1.82, 2.24) is 15.5 Å². The largest absolute Gasteiger partial charge is 0.354 e. The van der Waals surface area contributed by atoms with Gasteiger partial charge in [-0.3, -0.25) is 14.4 Å². The lowest BCUT2D eigenvalue weighted by molar-refractivity contribution is -0.138. The summed E-state index contributed by atoms with van der Waals surface area (Å²) in [6, 6.07) is -0.721. The molecular formula is C13H23N3O3. The lowest BCUT2D eigenvalue weighted by Crippen LogP contribution is -2.51. The molecule has 1 heterocycles. The molecule has 6 heteroatoms. The Kier molecular flexibility index (Phi) is 4.55. The molecule has 2 atom stereocenters. The van der Waals surface area contributed by atoms with E-state index in [4.69, 9.17) is 0 Å². The highest BCUT2D eigenvalue weighted by Gasteiger charge is 2.32. The monoisotopic (exact) mass is 269 g/mol. The topological polar surface area (TPSA) is 78.5 Å². The molecule has 3 amide bonds. The maximum absolute atomic E-state index is 12.2. The number of hydrogen-bond acceptors (Lipinski definition) is 3. The highest BCUT2D eigenvalue weighted by atomic mass is 16.2. The fraction of sp³-hybridized carbons (Fsp3) is 0.769. The van der Waals surface area contributed by atoms with E-state index in [0.29, 0.717) is 13.0 Å². The van der Waals surface area contributed by atoms with Gasteiger partial charge in [0.05, 0.1) is 6.04 Å². The number of nitrogens with zero attached hydrogens (tertiary/aromatic N) is 1. The van der Waals surface area contributed by atoms with E-state index in [1.165, 1.54) is 4.90 Å². The molecule has 1 saturated heterocycles. The molecule has 0 aromatic rings. The number of carbonyl (C=O) groups is 3. The Hall–Kier alpha value is -1.59. The third kappa shape index (κ3) is 3.94. The Bertz CT molecular complexity index is 387. The van der Waals surface area contributed by atoms with Crippen LogP contribution in [0.4, 0.5) is 0 Å². The summed E-state index contributed by atoms with van der Waals surface area (Å²) in [6.07, 6.45) is 0.322. The molecule has 0 aromatic heterocycles. The number of nitrogens with one attached hydrogen (secondary N) is 2. The van der Waals surface area contributed by atoms with Crippen LogP contribution in [0.3, 0.4) is 0 Å². The number of carbonyl (C=O) groups excluding carboxylic acids is 3. The quantitative estimate of drug-likeness (QED) is 0.750. The molecule has 6 nitrogen and oxygen atoms in total. The van der Waals surface area contributed by atoms with Crippen LogP contribution >= 0.6 is 0 Å². The zero-order chi connectivity index (χ0) is 14.8. The predicted molar refractivity (Wildman–Crippen MR) is 71.2 cm³/mol. The number of rotatable bonds is 3. The molecular weight excluding hydrogens is 246 g/mol. The molecule has 0 aromatic carbocycles. The first kappa shape index (κ1) is 15.5. The van der Waals surface area contributed by atoms with Crippen LogP contribution in [-0.2, 0) is 14.4 Å². The molecule has 0 spiro atoms. The van der Waals surface area contributed by atoms with Gasteiger partial charge in [-0.25, -0.2) is 0 Å². The van der Waals surface area contributed by atoms with Crippen LogP contribution in [0.2, 0.25) is 0 Å². The van der Waals surface area contributed by atoms with Crippen molar-refractivity contribution < 1.29 is 14.4 Å². The maximum Gasteiger partial charge on any atom is 0.244 e. The van der Waals surface area contributed by atoms with Crippen LogP contribution < -0.4 is 10.6 Å². The van der Waals surface area contributed by atoms with Crippen LogP contribution in [0.25, 0.3) is 0 Å². The minimum Gasteiger partial charge on any atom is -0.354 e. The summed E-state index contributed by atoms with van der Waals surface area (Å²) < 4.78 is 0. The van der Waals surface area contributed by atoms with Crippen LogP contribution in [-0.4, -0.2) is 48.3 Å². The van der Waals surface area contributed by atoms with Gasteiger partial charge in [0, 0.05) is 25.4 Å². The zero-order valence-corrected chi connectivity index (χ0v) is 12.2. The van der Waals surface area contributed by atoms with Crippen molar-refractivity contribution in [2.75, 3.05) is 13.6 Å². The summed E-state index contributed by atoms with van der Waals surface area (Å²) in [7, 11) is 1.66. The maximum atomic E-state index is 12.2. The predicted octanol–water partition coefficient (Wildman–Crippen LogP) is -0.116. The van der Waals surface area contributed by atoms with E-state index in [-0.39, 0.29) is 23.8 Å². The van der Waals surface area contributed by atoms with Crippen molar-refractivity contribution in [2.45, 2.75) is 46.2 Å². The first-order valence-electron chi connectivity index (χ1n) is 6.47. The van der Waals surface area contributed by atoms with Gasteiger partial charge >= 0.3 is 0 Å². The van der Waals surface area contributed by atoms with Gasteiger partial charge in [-0.2, -0.15) is 0 Å². The molecule has 108 valence electrons. The molecule has 0 saturated carbocycles. The van der Waals surface area contributed by atoms with E-state index in [1.54, 1.807) is 34.7 Å². The molecule has 0 unspecified atom stereocenters. The second kappa shape index (κ2) is 5.59. The fourth-order valence-corrected chi connectivity index (χ4v) is 1.82. The van der Waals surface area contributed by atoms with E-state index in [2.05, 4.69) is 10.6 Å². The molecule has 1 rings (SSSR count). The van der Waals surface area contributed by atoms with Crippen molar-refractivity contribution >= 4 is 17.7 Å². The van der Waals surface area contributed by atoms with Gasteiger partial charge in [-0.1, -0.05) is 20.8 Å². The second-order valence-corrected chi connectivity index (χ2v) is 6.06. The van der Waals surface area contributed by atoms with Crippen LogP contribution in [0.5, 0.6) is 0 Å². The SMILES string of the molecule is C[C@H](NC(=O)C(C)(C)C)C(=O)N(C)[C@H]1CNC(=O)C1. The van der Waals surface area contributed by atoms with E-state index in [9.17, 15) is 14.4 Å². The summed E-state index contributed by atoms with van der Waals surface area (Å²) in [6.45, 7) is 7.52. The van der Waals surface area contributed by atoms with Crippen molar-refractivity contribution in [2.24, 2.45) is 5.41 Å². The molecule has 0 radical (unpaired) electrons. The lowest BCUT2D eigenvalue weighted by atomic mass is 9.95. The third-order valence-corrected chi connectivity index (χ3v) is 3.25. The first-order chi connectivity index (χ1) is 8.62. The Labute approximate surface area is 113 Å². The minimum absolute atomic E-state index is 0.0453. The molecule has 2 N–H and O–H groups in total. The molecule has 1 aliphatic rings. The van der Waals surface area contributed by atoms with Gasteiger partial charge < -0.3 is 15.5 Å². The van der Waals surface area contributed by atoms with Crippen LogP contribution in [0.15, 0.2) is 0 Å². The van der Waals surface area contributed by atoms with Crippen molar-refractivity contribution in [3.8, 4) is 0 Å². The van der Waals surface area contributed by atoms with E-state index < -0.39 is 11.5 Å². The summed E-state index contributed by atoms with van der Waals surface area (Å²) in [5.41, 5.74) is -0.530. The molecule has 1 fully saturated rings. The van der Waals surface area contributed by atoms with Gasteiger partial charge in [-0.15, -0.1) is 0 Å². The Morgan fingerprint density at radius 1 is 1.42 bits per heavy atom. The van der Waals surface area contributed by atoms with E-state index in [1.807, 2.05) is 0 Å². The van der Waals surface area contributed by atoms with Crippen molar-refractivity contribution in [1.29, 1.82) is 0 Å². The number of likely N-dealkylation sites (N-methyl/N-ethyl adjacent to an activating group) is 1. The van der Waals surface area contributed by atoms with Crippen molar-refractivity contribution in [3.63, 3.8) is 0 Å². The summed E-state index contributed by atoms with van der Waals surface area (Å²) in [5, 5.41) is 5.39. The van der Waals surface area contributed by atoms with Gasteiger partial charge in [-0.05, 0) is 6.92 Å². The van der Waals surface area contributed by atoms with Gasteiger partial charge in [0.25, 0.3) is 0 Å². The lowest BCUT2D eigenvalue weighted by Gasteiger charge is -2.28. The summed E-state index contributed by atoms with van der Waals surface area (Å²) >= 11 is 0. The van der Waals surface area contributed by atoms with Gasteiger partial charge in [0.15, 0.2) is 0 Å². The molecule has 0 aliphatic carbocycles. The van der Waals surface area contributed by atoms with Crippen LogP contribution in [0.1, 0.15) is 34.1 Å². The number of amides is 3. The summed E-state index contributed by atoms with van der Waals surface area (Å²) in [4.78, 5) is 36.7. The normalized spacial score (nSPS) is 20.7. The third-order valence-electron chi connectivity index (χ3n) is 3.25.